The number of hydrogen-bond donors (Lipinski definition) is 1. The fraction of sp³-hybridized carbons (Fsp3) is 1.00. The van der Waals surface area contributed by atoms with E-state index in [1.165, 1.54) is 71.2 Å². The van der Waals surface area contributed by atoms with Gasteiger partial charge in [-0.1, -0.05) is 0 Å². The van der Waals surface area contributed by atoms with Gasteiger partial charge in [-0.3, -0.25) is 0 Å². The molecule has 0 bridgehead atoms. The lowest BCUT2D eigenvalue weighted by atomic mass is 9.97. The van der Waals surface area contributed by atoms with Crippen molar-refractivity contribution in [3.8, 4) is 0 Å². The summed E-state index contributed by atoms with van der Waals surface area (Å²) in [7, 11) is 0. The Hall–Kier alpha value is 0.210. The van der Waals surface area contributed by atoms with Crippen molar-refractivity contribution in [2.45, 2.75) is 38.5 Å². The van der Waals surface area contributed by atoms with Crippen LogP contribution in [0.2, 0.25) is 0 Å². The molecule has 0 radical (unpaired) electrons. The van der Waals surface area contributed by atoms with Crippen LogP contribution in [0, 0.1) is 17.8 Å². The van der Waals surface area contributed by atoms with E-state index in [2.05, 4.69) is 10.2 Å². The number of nitrogens with one attached hydrogen (secondary N) is 1. The van der Waals surface area contributed by atoms with Gasteiger partial charge >= 0.3 is 0 Å². The molecule has 2 saturated carbocycles. The van der Waals surface area contributed by atoms with E-state index in [1.54, 1.807) is 0 Å². The van der Waals surface area contributed by atoms with E-state index in [1.807, 2.05) is 0 Å². The summed E-state index contributed by atoms with van der Waals surface area (Å²) in [5.41, 5.74) is 0. The predicted octanol–water partition coefficient (Wildman–Crippen LogP) is 2.53. The molecular formula is C14H27ClN2. The summed E-state index contributed by atoms with van der Waals surface area (Å²) in [4.78, 5) is 2.81. The maximum atomic E-state index is 3.48. The highest BCUT2D eigenvalue weighted by molar-refractivity contribution is 5.85. The van der Waals surface area contributed by atoms with Gasteiger partial charge in [-0.15, -0.1) is 12.4 Å². The Bertz CT molecular complexity index is 206. The smallest absolute Gasteiger partial charge is 0.00108 e. The van der Waals surface area contributed by atoms with Crippen LogP contribution in [-0.4, -0.2) is 37.6 Å². The summed E-state index contributed by atoms with van der Waals surface area (Å²) >= 11 is 0. The Morgan fingerprint density at radius 1 is 0.706 bits per heavy atom. The highest BCUT2D eigenvalue weighted by atomic mass is 35.5. The van der Waals surface area contributed by atoms with Crippen molar-refractivity contribution in [3.63, 3.8) is 0 Å². The standard InChI is InChI=1S/C14H26N2.ClH/c1-2-12(1)9-16(10-13-3-4-13)11-14-5-7-15-8-6-14;/h12-15H,1-11H2;1H. The number of nitrogens with zero attached hydrogens (tertiary/aromatic N) is 1. The minimum atomic E-state index is 0. The maximum absolute atomic E-state index is 3.48. The molecule has 3 aliphatic rings. The van der Waals surface area contributed by atoms with Crippen molar-refractivity contribution in [3.05, 3.63) is 0 Å². The fourth-order valence-corrected chi connectivity index (χ4v) is 2.98. The van der Waals surface area contributed by atoms with Gasteiger partial charge in [0.05, 0.1) is 0 Å². The molecule has 3 heteroatoms. The van der Waals surface area contributed by atoms with Crippen molar-refractivity contribution in [2.75, 3.05) is 32.7 Å². The minimum Gasteiger partial charge on any atom is -0.317 e. The van der Waals surface area contributed by atoms with E-state index in [0.29, 0.717) is 0 Å². The van der Waals surface area contributed by atoms with E-state index in [9.17, 15) is 0 Å². The molecule has 100 valence electrons. The predicted molar refractivity (Wildman–Crippen MR) is 74.7 cm³/mol. The molecule has 0 unspecified atom stereocenters. The lowest BCUT2D eigenvalue weighted by Gasteiger charge is -2.30. The number of rotatable bonds is 6. The third-order valence-corrected chi connectivity index (χ3v) is 4.40. The number of piperidine rings is 1. The molecule has 1 aliphatic heterocycles. The highest BCUT2D eigenvalue weighted by Gasteiger charge is 2.30. The fourth-order valence-electron chi connectivity index (χ4n) is 2.98. The van der Waals surface area contributed by atoms with Gasteiger partial charge in [-0.2, -0.15) is 0 Å². The van der Waals surface area contributed by atoms with Crippen LogP contribution in [0.5, 0.6) is 0 Å². The van der Waals surface area contributed by atoms with Crippen molar-refractivity contribution < 1.29 is 0 Å². The second-order valence-electron chi connectivity index (χ2n) is 6.30. The molecule has 0 spiro atoms. The van der Waals surface area contributed by atoms with E-state index in [0.717, 1.165) is 17.8 Å². The quantitative estimate of drug-likeness (QED) is 0.788. The van der Waals surface area contributed by atoms with Crippen LogP contribution >= 0.6 is 12.4 Å². The van der Waals surface area contributed by atoms with Crippen molar-refractivity contribution in [1.82, 2.24) is 10.2 Å². The molecule has 0 aromatic rings. The average Bonchev–Trinajstić information content (AvgIpc) is 3.15. The first-order valence-electron chi connectivity index (χ1n) is 7.33. The Kier molecular flexibility index (Phi) is 5.13. The first kappa shape index (κ1) is 13.6. The third kappa shape index (κ3) is 4.76. The molecular weight excluding hydrogens is 232 g/mol. The van der Waals surface area contributed by atoms with Crippen molar-refractivity contribution in [2.24, 2.45) is 17.8 Å². The van der Waals surface area contributed by atoms with Crippen molar-refractivity contribution >= 4 is 12.4 Å². The zero-order chi connectivity index (χ0) is 10.8. The van der Waals surface area contributed by atoms with E-state index in [4.69, 9.17) is 0 Å². The Morgan fingerprint density at radius 2 is 1.12 bits per heavy atom. The van der Waals surface area contributed by atoms with Gasteiger partial charge in [-0.25, -0.2) is 0 Å². The Labute approximate surface area is 112 Å². The zero-order valence-electron chi connectivity index (χ0n) is 10.9. The summed E-state index contributed by atoms with van der Waals surface area (Å²) in [6, 6.07) is 0. The highest BCUT2D eigenvalue weighted by Crippen LogP contribution is 2.34. The number of hydrogen-bond acceptors (Lipinski definition) is 2. The molecule has 0 aromatic heterocycles. The molecule has 2 nitrogen and oxygen atoms in total. The molecule has 0 atom stereocenters. The normalized spacial score (nSPS) is 25.9. The Balaban J connectivity index is 0.00000108. The molecule has 1 heterocycles. The van der Waals surface area contributed by atoms with E-state index < -0.39 is 0 Å². The van der Waals surface area contributed by atoms with E-state index >= 15 is 0 Å². The molecule has 0 amide bonds. The lowest BCUT2D eigenvalue weighted by Crippen LogP contribution is -2.38. The second-order valence-corrected chi connectivity index (χ2v) is 6.30. The largest absolute Gasteiger partial charge is 0.317 e. The van der Waals surface area contributed by atoms with E-state index in [-0.39, 0.29) is 12.4 Å². The first-order valence-corrected chi connectivity index (χ1v) is 7.33. The Morgan fingerprint density at radius 3 is 1.53 bits per heavy atom. The summed E-state index contributed by atoms with van der Waals surface area (Å²) < 4.78 is 0. The second kappa shape index (κ2) is 6.40. The van der Waals surface area contributed by atoms with Gasteiger partial charge in [0.15, 0.2) is 0 Å². The molecule has 1 saturated heterocycles. The first-order chi connectivity index (χ1) is 7.90. The van der Waals surface area contributed by atoms with Crippen LogP contribution in [0.4, 0.5) is 0 Å². The SMILES string of the molecule is C1CC(CN(CC2CC2)CC2CC2)CCN1.Cl. The van der Waals surface area contributed by atoms with Gasteiger partial charge in [0.25, 0.3) is 0 Å². The minimum absolute atomic E-state index is 0. The third-order valence-electron chi connectivity index (χ3n) is 4.40. The molecule has 2 aliphatic carbocycles. The molecule has 3 rings (SSSR count). The monoisotopic (exact) mass is 258 g/mol. The summed E-state index contributed by atoms with van der Waals surface area (Å²) in [5.74, 6) is 3.12. The molecule has 1 N–H and O–H groups in total. The molecule has 3 fully saturated rings. The van der Waals surface area contributed by atoms with Crippen LogP contribution in [0.25, 0.3) is 0 Å². The van der Waals surface area contributed by atoms with Crippen molar-refractivity contribution in [1.29, 1.82) is 0 Å². The van der Waals surface area contributed by atoms with Gasteiger partial charge < -0.3 is 10.2 Å². The van der Waals surface area contributed by atoms with Crippen LogP contribution in [0.15, 0.2) is 0 Å². The van der Waals surface area contributed by atoms with Gasteiger partial charge in [0.2, 0.25) is 0 Å². The van der Waals surface area contributed by atoms with Gasteiger partial charge in [0.1, 0.15) is 0 Å². The van der Waals surface area contributed by atoms with Crippen LogP contribution in [0.3, 0.4) is 0 Å². The summed E-state index contributed by atoms with van der Waals surface area (Å²) in [6.07, 6.45) is 8.85. The topological polar surface area (TPSA) is 15.3 Å². The summed E-state index contributed by atoms with van der Waals surface area (Å²) in [6.45, 7) is 6.74. The number of halogens is 1. The zero-order valence-corrected chi connectivity index (χ0v) is 11.7. The lowest BCUT2D eigenvalue weighted by molar-refractivity contribution is 0.192. The van der Waals surface area contributed by atoms with Crippen LogP contribution < -0.4 is 5.32 Å². The summed E-state index contributed by atoms with van der Waals surface area (Å²) in [5, 5.41) is 3.48. The van der Waals surface area contributed by atoms with Gasteiger partial charge in [-0.05, 0) is 69.4 Å². The van der Waals surface area contributed by atoms with Crippen LogP contribution in [-0.2, 0) is 0 Å². The maximum Gasteiger partial charge on any atom is 0.00108 e. The van der Waals surface area contributed by atoms with Crippen LogP contribution in [0.1, 0.15) is 38.5 Å². The molecule has 17 heavy (non-hydrogen) atoms. The van der Waals surface area contributed by atoms with Gasteiger partial charge in [0, 0.05) is 19.6 Å². The average molecular weight is 259 g/mol. The molecule has 0 aromatic carbocycles.